The van der Waals surface area contributed by atoms with Crippen LogP contribution >= 0.6 is 0 Å². The molecule has 7 nitrogen and oxygen atoms in total. The van der Waals surface area contributed by atoms with E-state index in [0.29, 0.717) is 29.5 Å². The largest absolute Gasteiger partial charge is 0.497 e. The van der Waals surface area contributed by atoms with Crippen molar-refractivity contribution >= 4 is 11.6 Å². The Morgan fingerprint density at radius 2 is 1.96 bits per heavy atom. The van der Waals surface area contributed by atoms with E-state index in [2.05, 4.69) is 15.1 Å². The standard InChI is InChI=1S/C16H16N4O3/c1-4-23-16(21)13-9-17-20-10(2)18-14(19-15(13)20)11-5-7-12(22-3)8-6-11/h5-9H,4H2,1-3H3. The molecule has 3 rings (SSSR count). The zero-order valence-corrected chi connectivity index (χ0v) is 13.1. The van der Waals surface area contributed by atoms with Crippen LogP contribution in [0, 0.1) is 6.92 Å². The van der Waals surface area contributed by atoms with Crippen LogP contribution in [0.15, 0.2) is 30.5 Å². The molecule has 0 spiro atoms. The van der Waals surface area contributed by atoms with Crippen LogP contribution in [0.2, 0.25) is 0 Å². The predicted octanol–water partition coefficient (Wildman–Crippen LogP) is 2.29. The summed E-state index contributed by atoms with van der Waals surface area (Å²) in [4.78, 5) is 20.9. The summed E-state index contributed by atoms with van der Waals surface area (Å²) in [7, 11) is 1.61. The van der Waals surface area contributed by atoms with Crippen molar-refractivity contribution in [1.29, 1.82) is 0 Å². The fourth-order valence-corrected chi connectivity index (χ4v) is 2.23. The number of rotatable bonds is 4. The molecular formula is C16H16N4O3. The summed E-state index contributed by atoms with van der Waals surface area (Å²) in [5.41, 5.74) is 1.58. The van der Waals surface area contributed by atoms with Crippen LogP contribution in [0.4, 0.5) is 0 Å². The Morgan fingerprint density at radius 3 is 2.61 bits per heavy atom. The average molecular weight is 312 g/mol. The molecule has 3 aromatic rings. The molecule has 2 aromatic heterocycles. The van der Waals surface area contributed by atoms with Gasteiger partial charge >= 0.3 is 5.97 Å². The summed E-state index contributed by atoms with van der Waals surface area (Å²) in [6.45, 7) is 3.86. The number of hydrogen-bond donors (Lipinski definition) is 0. The van der Waals surface area contributed by atoms with E-state index in [1.807, 2.05) is 31.2 Å². The van der Waals surface area contributed by atoms with Gasteiger partial charge in [-0.2, -0.15) is 5.10 Å². The molecule has 0 saturated heterocycles. The zero-order valence-electron chi connectivity index (χ0n) is 13.1. The number of methoxy groups -OCH3 is 1. The lowest BCUT2D eigenvalue weighted by molar-refractivity contribution is 0.0528. The highest BCUT2D eigenvalue weighted by atomic mass is 16.5. The van der Waals surface area contributed by atoms with Crippen molar-refractivity contribution in [3.63, 3.8) is 0 Å². The summed E-state index contributed by atoms with van der Waals surface area (Å²) < 4.78 is 11.7. The van der Waals surface area contributed by atoms with Crippen molar-refractivity contribution in [1.82, 2.24) is 19.6 Å². The molecule has 0 fully saturated rings. The molecule has 0 radical (unpaired) electrons. The van der Waals surface area contributed by atoms with Crippen molar-refractivity contribution in [2.45, 2.75) is 13.8 Å². The van der Waals surface area contributed by atoms with Gasteiger partial charge in [-0.15, -0.1) is 0 Å². The van der Waals surface area contributed by atoms with Gasteiger partial charge in [-0.05, 0) is 38.1 Å². The van der Waals surface area contributed by atoms with E-state index in [1.165, 1.54) is 10.7 Å². The maximum Gasteiger partial charge on any atom is 0.343 e. The fraction of sp³-hybridized carbons (Fsp3) is 0.250. The fourth-order valence-electron chi connectivity index (χ4n) is 2.23. The molecule has 23 heavy (non-hydrogen) atoms. The third kappa shape index (κ3) is 2.73. The van der Waals surface area contributed by atoms with Crippen LogP contribution in [0.5, 0.6) is 5.75 Å². The maximum atomic E-state index is 12.0. The Hall–Kier alpha value is -2.96. The molecule has 0 aliphatic heterocycles. The molecule has 7 heteroatoms. The van der Waals surface area contributed by atoms with Crippen LogP contribution in [0.3, 0.4) is 0 Å². The number of fused-ring (bicyclic) bond motifs is 1. The Kier molecular flexibility index (Phi) is 3.92. The minimum absolute atomic E-state index is 0.297. The van der Waals surface area contributed by atoms with Gasteiger partial charge in [0, 0.05) is 5.56 Å². The number of carbonyl (C=O) groups excluding carboxylic acids is 1. The van der Waals surface area contributed by atoms with Crippen molar-refractivity contribution in [3.8, 4) is 17.1 Å². The number of nitrogens with zero attached hydrogens (tertiary/aromatic N) is 4. The van der Waals surface area contributed by atoms with Crippen LogP contribution in [0.1, 0.15) is 23.1 Å². The van der Waals surface area contributed by atoms with Crippen molar-refractivity contribution in [2.24, 2.45) is 0 Å². The Labute approximate surface area is 132 Å². The summed E-state index contributed by atoms with van der Waals surface area (Å²) in [5.74, 6) is 1.46. The summed E-state index contributed by atoms with van der Waals surface area (Å²) in [5, 5.41) is 4.15. The summed E-state index contributed by atoms with van der Waals surface area (Å²) in [6.07, 6.45) is 1.45. The first-order valence-electron chi connectivity index (χ1n) is 7.18. The van der Waals surface area contributed by atoms with Gasteiger partial charge in [0.15, 0.2) is 11.5 Å². The van der Waals surface area contributed by atoms with E-state index < -0.39 is 5.97 Å². The number of aromatic nitrogens is 4. The number of carbonyl (C=O) groups is 1. The zero-order chi connectivity index (χ0) is 16.4. The molecule has 0 unspecified atom stereocenters. The van der Waals surface area contributed by atoms with E-state index >= 15 is 0 Å². The van der Waals surface area contributed by atoms with Gasteiger partial charge in [-0.25, -0.2) is 19.3 Å². The van der Waals surface area contributed by atoms with Gasteiger partial charge in [0.1, 0.15) is 17.1 Å². The number of hydrogen-bond acceptors (Lipinski definition) is 6. The van der Waals surface area contributed by atoms with Crippen molar-refractivity contribution in [3.05, 3.63) is 41.9 Å². The topological polar surface area (TPSA) is 78.6 Å². The van der Waals surface area contributed by atoms with E-state index in [-0.39, 0.29) is 0 Å². The Morgan fingerprint density at radius 1 is 1.22 bits per heavy atom. The van der Waals surface area contributed by atoms with E-state index in [4.69, 9.17) is 9.47 Å². The minimum Gasteiger partial charge on any atom is -0.497 e. The molecule has 1 aromatic carbocycles. The van der Waals surface area contributed by atoms with E-state index in [0.717, 1.165) is 11.3 Å². The second-order valence-electron chi connectivity index (χ2n) is 4.84. The van der Waals surface area contributed by atoms with Crippen LogP contribution in [-0.4, -0.2) is 39.3 Å². The molecule has 0 amide bonds. The molecule has 0 atom stereocenters. The van der Waals surface area contributed by atoms with Crippen LogP contribution < -0.4 is 4.74 Å². The Balaban J connectivity index is 2.11. The third-order valence-electron chi connectivity index (χ3n) is 3.37. The van der Waals surface area contributed by atoms with Gasteiger partial charge in [0.25, 0.3) is 0 Å². The third-order valence-corrected chi connectivity index (χ3v) is 3.37. The lowest BCUT2D eigenvalue weighted by Crippen LogP contribution is -2.07. The van der Waals surface area contributed by atoms with Gasteiger partial charge in [-0.3, -0.25) is 0 Å². The Bertz CT molecular complexity index is 856. The first kappa shape index (κ1) is 15.0. The minimum atomic E-state index is -0.443. The second kappa shape index (κ2) is 6.04. The highest BCUT2D eigenvalue weighted by Gasteiger charge is 2.18. The highest BCUT2D eigenvalue weighted by Crippen LogP contribution is 2.21. The number of benzene rings is 1. The van der Waals surface area contributed by atoms with Crippen LogP contribution in [-0.2, 0) is 4.74 Å². The summed E-state index contributed by atoms with van der Waals surface area (Å²) in [6, 6.07) is 7.40. The maximum absolute atomic E-state index is 12.0. The SMILES string of the molecule is CCOC(=O)c1cnn2c(C)nc(-c3ccc(OC)cc3)nc12. The molecule has 118 valence electrons. The molecule has 0 aliphatic carbocycles. The lowest BCUT2D eigenvalue weighted by atomic mass is 10.2. The monoisotopic (exact) mass is 312 g/mol. The normalized spacial score (nSPS) is 10.7. The molecule has 0 aliphatic rings. The van der Waals surface area contributed by atoms with Gasteiger partial charge in [0.2, 0.25) is 0 Å². The van der Waals surface area contributed by atoms with Gasteiger partial charge in [-0.1, -0.05) is 0 Å². The van der Waals surface area contributed by atoms with Crippen molar-refractivity contribution in [2.75, 3.05) is 13.7 Å². The molecule has 0 bridgehead atoms. The quantitative estimate of drug-likeness (QED) is 0.688. The number of aryl methyl sites for hydroxylation is 1. The number of esters is 1. The van der Waals surface area contributed by atoms with Gasteiger partial charge in [0.05, 0.1) is 19.9 Å². The second-order valence-corrected chi connectivity index (χ2v) is 4.84. The molecule has 0 saturated carbocycles. The molecule has 2 heterocycles. The predicted molar refractivity (Wildman–Crippen MR) is 83.5 cm³/mol. The first-order chi connectivity index (χ1) is 11.1. The first-order valence-corrected chi connectivity index (χ1v) is 7.18. The average Bonchev–Trinajstić information content (AvgIpc) is 3.00. The molecule has 0 N–H and O–H groups in total. The van der Waals surface area contributed by atoms with Crippen molar-refractivity contribution < 1.29 is 14.3 Å². The summed E-state index contributed by atoms with van der Waals surface area (Å²) >= 11 is 0. The van der Waals surface area contributed by atoms with Crippen LogP contribution in [0.25, 0.3) is 17.0 Å². The molecular weight excluding hydrogens is 296 g/mol. The smallest absolute Gasteiger partial charge is 0.343 e. The van der Waals surface area contributed by atoms with E-state index in [9.17, 15) is 4.79 Å². The lowest BCUT2D eigenvalue weighted by Gasteiger charge is -2.06. The highest BCUT2D eigenvalue weighted by molar-refractivity contribution is 5.95. The number of ether oxygens (including phenoxy) is 2. The van der Waals surface area contributed by atoms with E-state index in [1.54, 1.807) is 14.0 Å². The van der Waals surface area contributed by atoms with Gasteiger partial charge < -0.3 is 9.47 Å².